The Balaban J connectivity index is 0. The molecule has 0 aliphatic rings. The van der Waals surface area contributed by atoms with E-state index < -0.39 is 189 Å². The number of carbonyl (C=O) groups is 1. The van der Waals surface area contributed by atoms with E-state index in [1.807, 2.05) is 131 Å². The van der Waals surface area contributed by atoms with Crippen molar-refractivity contribution >= 4 is 204 Å². The zero-order valence-electron chi connectivity index (χ0n) is 85.3. The van der Waals surface area contributed by atoms with E-state index in [0.717, 1.165) is 13.0 Å². The molecular formula is C69H184O28Si23. The number of ether oxygens (including phenoxy) is 5. The maximum absolute atomic E-state index is 11.1. The van der Waals surface area contributed by atoms with E-state index in [2.05, 4.69) is 164 Å². The van der Waals surface area contributed by atoms with Crippen LogP contribution in [0.3, 0.4) is 0 Å². The molecule has 0 saturated heterocycles. The first-order valence-corrected chi connectivity index (χ1v) is 109. The zero-order valence-corrected chi connectivity index (χ0v) is 109. The van der Waals surface area contributed by atoms with Gasteiger partial charge in [0.2, 0.25) is 0 Å². The molecule has 0 bridgehead atoms. The summed E-state index contributed by atoms with van der Waals surface area (Å²) in [6, 6.07) is 1.52. The van der Waals surface area contributed by atoms with Crippen molar-refractivity contribution in [2.75, 3.05) is 59.5 Å². The molecule has 0 aromatic carbocycles. The predicted octanol–water partition coefficient (Wildman–Crippen LogP) is 20.2. The van der Waals surface area contributed by atoms with Crippen molar-refractivity contribution in [3.8, 4) is 0 Å². The van der Waals surface area contributed by atoms with Gasteiger partial charge < -0.3 is 115 Å². The van der Waals surface area contributed by atoms with Crippen LogP contribution in [0.2, 0.25) is 307 Å². The summed E-state index contributed by atoms with van der Waals surface area (Å²) in [5.41, 5.74) is 0.392. The van der Waals surface area contributed by atoms with Crippen LogP contribution >= 0.6 is 0 Å². The van der Waals surface area contributed by atoms with E-state index in [0.29, 0.717) is 51.8 Å². The van der Waals surface area contributed by atoms with Crippen molar-refractivity contribution in [1.82, 2.24) is 0 Å². The molecule has 0 atom stereocenters. The molecule has 28 nitrogen and oxygen atoms in total. The topological polar surface area (TPSA) is 277 Å². The minimum absolute atomic E-state index is 0.231. The van der Waals surface area contributed by atoms with Crippen LogP contribution in [0.15, 0.2) is 12.2 Å². The second kappa shape index (κ2) is 51.7. The van der Waals surface area contributed by atoms with Crippen LogP contribution < -0.4 is 0 Å². The van der Waals surface area contributed by atoms with Crippen molar-refractivity contribution in [2.45, 2.75) is 372 Å². The fourth-order valence-corrected chi connectivity index (χ4v) is 127. The van der Waals surface area contributed by atoms with Crippen LogP contribution in [-0.2, 0) is 115 Å². The Kier molecular flexibility index (Phi) is 54.0. The molecule has 720 valence electrons. The van der Waals surface area contributed by atoms with E-state index in [4.69, 9.17) is 110 Å². The van der Waals surface area contributed by atoms with Gasteiger partial charge >= 0.3 is 186 Å². The molecule has 0 saturated carbocycles. The molecule has 0 aromatic rings. The van der Waals surface area contributed by atoms with Crippen LogP contribution in [0.4, 0.5) is 0 Å². The molecule has 0 unspecified atom stereocenters. The Labute approximate surface area is 760 Å². The summed E-state index contributed by atoms with van der Waals surface area (Å²) < 4.78 is 169. The largest absolute Gasteiger partial charge is 0.460 e. The lowest BCUT2D eigenvalue weighted by Gasteiger charge is -2.45. The third-order valence-electron chi connectivity index (χ3n) is 15.4. The van der Waals surface area contributed by atoms with Gasteiger partial charge in [-0.3, -0.25) is 0 Å². The van der Waals surface area contributed by atoms with Crippen molar-refractivity contribution < 1.29 is 120 Å². The van der Waals surface area contributed by atoms with Gasteiger partial charge in [0.25, 0.3) is 0 Å². The van der Waals surface area contributed by atoms with Crippen molar-refractivity contribution in [1.29, 1.82) is 0 Å². The molecule has 0 aliphatic carbocycles. The van der Waals surface area contributed by atoms with Gasteiger partial charge in [0.05, 0.1) is 46.2 Å². The third kappa shape index (κ3) is 69.1. The summed E-state index contributed by atoms with van der Waals surface area (Å²) in [4.78, 5) is 21.6. The summed E-state index contributed by atoms with van der Waals surface area (Å²) in [6.45, 7) is 104. The lowest BCUT2D eigenvalue weighted by molar-refractivity contribution is -0.140. The smallest absolute Gasteiger partial charge is 0.333 e. The van der Waals surface area contributed by atoms with Crippen LogP contribution in [-0.4, -0.2) is 268 Å². The van der Waals surface area contributed by atoms with Crippen LogP contribution in [0.25, 0.3) is 0 Å². The maximum Gasteiger partial charge on any atom is 0.333 e. The highest BCUT2D eigenvalue weighted by Gasteiger charge is 2.55. The van der Waals surface area contributed by atoms with Gasteiger partial charge in [-0.15, -0.1) is 0 Å². The molecular weight excluding hydrogens is 1920 g/mol. The quantitative estimate of drug-likeness (QED) is 0.0256. The van der Waals surface area contributed by atoms with Gasteiger partial charge in [0, 0.05) is 21.0 Å². The van der Waals surface area contributed by atoms with Crippen LogP contribution in [0.5, 0.6) is 0 Å². The van der Waals surface area contributed by atoms with Gasteiger partial charge in [0.15, 0.2) is 9.04 Å². The van der Waals surface area contributed by atoms with Gasteiger partial charge in [0.1, 0.15) is 6.61 Å². The van der Waals surface area contributed by atoms with Gasteiger partial charge in [-0.25, -0.2) is 4.79 Å². The molecule has 0 fully saturated rings. The Hall–Kier alpha value is 3.16. The minimum Gasteiger partial charge on any atom is -0.460 e. The fraction of sp³-hybridized carbons (Fsp3) is 0.957. The van der Waals surface area contributed by atoms with E-state index in [1.165, 1.54) is 57.4 Å². The summed E-state index contributed by atoms with van der Waals surface area (Å²) >= 11 is 0. The fourth-order valence-electron chi connectivity index (χ4n) is 15.9. The maximum atomic E-state index is 11.1. The highest BCUT2D eigenvalue weighted by atomic mass is 28.6. The first kappa shape index (κ1) is 125. The average molecular weight is 2110 g/mol. The number of carbonyl (C=O) groups excluding carboxylic acids is 1. The molecule has 0 amide bonds. The molecule has 1 N–H and O–H groups in total. The molecule has 0 radical (unpaired) electrons. The summed E-state index contributed by atoms with van der Waals surface area (Å²) in [5, 5.41) is 0. The molecule has 0 aromatic heterocycles. The van der Waals surface area contributed by atoms with E-state index >= 15 is 0 Å². The summed E-state index contributed by atoms with van der Waals surface area (Å²) in [7, 11) is -60.1. The van der Waals surface area contributed by atoms with Gasteiger partial charge in [-0.1, -0.05) is 77.1 Å². The summed E-state index contributed by atoms with van der Waals surface area (Å²) in [6.07, 6.45) is 12.3. The Bertz CT molecular complexity index is 2930. The molecule has 0 aliphatic heterocycles. The second-order valence-electron chi connectivity index (χ2n) is 41.4. The number of rotatable bonds is 67. The molecule has 120 heavy (non-hydrogen) atoms. The predicted molar refractivity (Wildman–Crippen MR) is 545 cm³/mol. The Morgan fingerprint density at radius 2 is 0.392 bits per heavy atom. The van der Waals surface area contributed by atoms with Crippen molar-refractivity contribution in [3.05, 3.63) is 12.2 Å². The third-order valence-corrected chi connectivity index (χ3v) is 99.8. The monoisotopic (exact) mass is 2100 g/mol. The SMILES string of the molecule is C=C(C)C(=O)OCCOCCOCCOCCOCCCCCCCCCCC[SiH](C)C.C[SiH](C)O[Si](C)(C)O[Si](C)(C)O[Si](C)(C)O[Si](C)(C)O[Si](C)(C)O[Si](C)(C)O[Si](C)(C)O[Si](C)(C)O[Si](C)(C)O[Si](C)(C)O[Si](C)(C)O[Si](C)(C)O[Si](C)(C)O[Si](C)(C)O[Si](C)(C)O[Si](C)(C)O[Si](C)(C)O[Si](C)(C)O[Si](C)(C)O[Si](C)(C)O[Si](C)(C)O. The van der Waals surface area contributed by atoms with E-state index in [1.54, 1.807) is 20.0 Å². The van der Waals surface area contributed by atoms with Gasteiger partial charge in [-0.05, 0) is 301 Å². The lowest BCUT2D eigenvalue weighted by Crippen LogP contribution is -2.63. The van der Waals surface area contributed by atoms with Gasteiger partial charge in [-0.2, -0.15) is 0 Å². The first-order chi connectivity index (χ1) is 53.1. The molecule has 0 spiro atoms. The van der Waals surface area contributed by atoms with Crippen molar-refractivity contribution in [3.63, 3.8) is 0 Å². The van der Waals surface area contributed by atoms with Crippen molar-refractivity contribution in [2.24, 2.45) is 0 Å². The second-order valence-corrected chi connectivity index (χ2v) is 123. The standard InChI is InChI=1S/C44H134O22Si22.C25H50O6Si/c1-67(2)46-69(5,6)48-71(9,10)50-73(13,14)52-75(17,18)54-77(21,22)56-79(25,26)58-81(29,30)60-83(33,34)62-85(37,38)64-87(41,42)66-88(43,44)65-86(39,40)63-84(35,36)61-82(31,32)59-80(27,28)57-78(23,24)55-76(19,20)53-74(15,16)51-72(11,12)49-70(7,8)47-68(3,4)45;1-24(2)25(26)31-22-21-30-20-19-29-18-17-28-16-15-27-14-12-10-8-6-5-7-9-11-13-23-32(3)4/h45,67H,1-44H3;32H,1,5-23H2,2-4H3. The highest BCUT2D eigenvalue weighted by molar-refractivity contribution is 6.96. The number of esters is 1. The van der Waals surface area contributed by atoms with E-state index in [-0.39, 0.29) is 21.4 Å². The first-order valence-electron chi connectivity index (χ1n) is 43.7. The molecule has 0 heterocycles. The number of hydrogen-bond acceptors (Lipinski definition) is 28. The zero-order chi connectivity index (χ0) is 94.6. The molecule has 51 heteroatoms. The normalized spacial score (nSPS) is 14.8. The van der Waals surface area contributed by atoms with Crippen LogP contribution in [0.1, 0.15) is 64.7 Å². The number of unbranched alkanes of at least 4 members (excludes halogenated alkanes) is 8. The average Bonchev–Trinajstić information content (AvgIpc) is 0.764. The molecule has 0 rings (SSSR count). The Morgan fingerprint density at radius 1 is 0.233 bits per heavy atom. The lowest BCUT2D eigenvalue weighted by atomic mass is 10.1. The van der Waals surface area contributed by atoms with Crippen LogP contribution in [0, 0.1) is 0 Å². The number of hydrogen-bond donors (Lipinski definition) is 1. The minimum atomic E-state index is -2.88. The highest BCUT2D eigenvalue weighted by Crippen LogP contribution is 2.36. The Morgan fingerprint density at radius 3 is 0.567 bits per heavy atom. The summed E-state index contributed by atoms with van der Waals surface area (Å²) in [5.74, 6) is -0.388. The van der Waals surface area contributed by atoms with E-state index in [9.17, 15) is 9.59 Å².